The van der Waals surface area contributed by atoms with Gasteiger partial charge in [0.05, 0.1) is 18.2 Å². The zero-order chi connectivity index (χ0) is 27.6. The van der Waals surface area contributed by atoms with E-state index in [0.29, 0.717) is 34.9 Å². The van der Waals surface area contributed by atoms with Gasteiger partial charge < -0.3 is 19.8 Å². The smallest absolute Gasteiger partial charge is 0.295 e. The molecule has 0 aromatic heterocycles. The molecule has 1 amide bonds. The van der Waals surface area contributed by atoms with Crippen LogP contribution in [0.4, 0.5) is 0 Å². The Bertz CT molecular complexity index is 1390. The maximum Gasteiger partial charge on any atom is 0.295 e. The molecule has 1 fully saturated rings. The molecule has 198 valence electrons. The van der Waals surface area contributed by atoms with Crippen LogP contribution < -0.4 is 4.74 Å². The number of carbonyl (C=O) groups excluding carboxylic acids is 2. The molecule has 7 heteroatoms. The number of hydrogen-bond donors (Lipinski definition) is 2. The largest absolute Gasteiger partial charge is 0.508 e. The molecule has 1 saturated heterocycles. The third-order valence-corrected chi connectivity index (χ3v) is 6.89. The molecule has 4 rings (SSSR count). The van der Waals surface area contributed by atoms with Crippen LogP contribution in [0, 0.1) is 0 Å². The number of aliphatic hydroxyl groups excluding tert-OH is 1. The summed E-state index contributed by atoms with van der Waals surface area (Å²) in [6.45, 7) is 8.75. The van der Waals surface area contributed by atoms with E-state index in [1.165, 1.54) is 17.0 Å². The molecule has 3 aromatic carbocycles. The second-order valence-electron chi connectivity index (χ2n) is 10.4. The third-order valence-electron chi connectivity index (χ3n) is 6.64. The molecule has 0 saturated carbocycles. The first-order valence-corrected chi connectivity index (χ1v) is 13.0. The SMILES string of the molecule is CCOc1ccc(/C(O)=C2/C(=O)C(=O)N(CCc3ccc(Cl)cc3)C2c2cccc(O)c2)cc1C(C)(C)C. The van der Waals surface area contributed by atoms with E-state index < -0.39 is 17.7 Å². The normalized spacial score (nSPS) is 17.2. The number of rotatable bonds is 7. The van der Waals surface area contributed by atoms with Crippen LogP contribution in [0.5, 0.6) is 11.5 Å². The molecular weight excluding hydrogens is 502 g/mol. The third kappa shape index (κ3) is 5.55. The number of benzene rings is 3. The van der Waals surface area contributed by atoms with E-state index in [0.717, 1.165) is 11.1 Å². The number of Topliss-reactive ketones (excluding diaryl/α,β-unsaturated/α-hetero) is 1. The minimum atomic E-state index is -0.862. The average Bonchev–Trinajstić information content (AvgIpc) is 3.12. The summed E-state index contributed by atoms with van der Waals surface area (Å²) in [5.41, 5.74) is 2.46. The quantitative estimate of drug-likeness (QED) is 0.208. The molecule has 1 aliphatic heterocycles. The highest BCUT2D eigenvalue weighted by molar-refractivity contribution is 6.46. The van der Waals surface area contributed by atoms with Gasteiger partial charge in [0.1, 0.15) is 17.3 Å². The van der Waals surface area contributed by atoms with Crippen LogP contribution in [-0.2, 0) is 21.4 Å². The number of aromatic hydroxyl groups is 1. The lowest BCUT2D eigenvalue weighted by molar-refractivity contribution is -0.139. The van der Waals surface area contributed by atoms with Crippen molar-refractivity contribution in [2.75, 3.05) is 13.2 Å². The molecular formula is C31H32ClNO5. The maximum absolute atomic E-state index is 13.4. The summed E-state index contributed by atoms with van der Waals surface area (Å²) in [7, 11) is 0. The van der Waals surface area contributed by atoms with E-state index >= 15 is 0 Å². The van der Waals surface area contributed by atoms with Gasteiger partial charge in [0, 0.05) is 22.7 Å². The van der Waals surface area contributed by atoms with Gasteiger partial charge in [-0.25, -0.2) is 0 Å². The van der Waals surface area contributed by atoms with Crippen molar-refractivity contribution in [1.82, 2.24) is 4.90 Å². The minimum Gasteiger partial charge on any atom is -0.508 e. The Labute approximate surface area is 228 Å². The number of amides is 1. The fraction of sp³-hybridized carbons (Fsp3) is 0.290. The Balaban J connectivity index is 1.82. The van der Waals surface area contributed by atoms with Gasteiger partial charge in [-0.3, -0.25) is 9.59 Å². The predicted octanol–water partition coefficient (Wildman–Crippen LogP) is 6.41. The van der Waals surface area contributed by atoms with E-state index in [9.17, 15) is 19.8 Å². The summed E-state index contributed by atoms with van der Waals surface area (Å²) in [6.07, 6.45) is 0.483. The molecule has 1 heterocycles. The molecule has 1 atom stereocenters. The number of halogens is 1. The number of nitrogens with zero attached hydrogens (tertiary/aromatic N) is 1. The van der Waals surface area contributed by atoms with Crippen LogP contribution in [-0.4, -0.2) is 40.0 Å². The van der Waals surface area contributed by atoms with Crippen LogP contribution in [0.3, 0.4) is 0 Å². The highest BCUT2D eigenvalue weighted by Crippen LogP contribution is 2.41. The number of carbonyl (C=O) groups is 2. The van der Waals surface area contributed by atoms with Crippen molar-refractivity contribution in [2.45, 2.75) is 45.6 Å². The second-order valence-corrected chi connectivity index (χ2v) is 10.8. The monoisotopic (exact) mass is 533 g/mol. The van der Waals surface area contributed by atoms with Crippen LogP contribution in [0.15, 0.2) is 72.3 Å². The van der Waals surface area contributed by atoms with Crippen molar-refractivity contribution >= 4 is 29.1 Å². The summed E-state index contributed by atoms with van der Waals surface area (Å²) < 4.78 is 5.80. The number of phenolic OH excluding ortho intramolecular Hbond substituents is 1. The van der Waals surface area contributed by atoms with Gasteiger partial charge in [-0.1, -0.05) is 56.6 Å². The lowest BCUT2D eigenvalue weighted by atomic mass is 9.84. The van der Waals surface area contributed by atoms with Crippen molar-refractivity contribution in [1.29, 1.82) is 0 Å². The number of phenols is 1. The van der Waals surface area contributed by atoms with Gasteiger partial charge in [-0.15, -0.1) is 0 Å². The van der Waals surface area contributed by atoms with Gasteiger partial charge in [0.15, 0.2) is 0 Å². The highest BCUT2D eigenvalue weighted by atomic mass is 35.5. The second kappa shape index (κ2) is 10.9. The van der Waals surface area contributed by atoms with Crippen LogP contribution in [0.2, 0.25) is 5.02 Å². The van der Waals surface area contributed by atoms with Crippen LogP contribution >= 0.6 is 11.6 Å². The zero-order valence-corrected chi connectivity index (χ0v) is 22.7. The Morgan fingerprint density at radius 1 is 1.03 bits per heavy atom. The molecule has 0 radical (unpaired) electrons. The van der Waals surface area contributed by atoms with Crippen molar-refractivity contribution in [3.8, 4) is 11.5 Å². The first-order chi connectivity index (χ1) is 18.0. The predicted molar refractivity (Wildman–Crippen MR) is 149 cm³/mol. The summed E-state index contributed by atoms with van der Waals surface area (Å²) in [4.78, 5) is 28.1. The lowest BCUT2D eigenvalue weighted by Gasteiger charge is -2.26. The van der Waals surface area contributed by atoms with E-state index in [2.05, 4.69) is 0 Å². The molecule has 0 aliphatic carbocycles. The highest BCUT2D eigenvalue weighted by Gasteiger charge is 2.46. The average molecular weight is 534 g/mol. The van der Waals surface area contributed by atoms with Crippen molar-refractivity contribution in [2.24, 2.45) is 0 Å². The Morgan fingerprint density at radius 3 is 2.37 bits per heavy atom. The van der Waals surface area contributed by atoms with E-state index in [1.54, 1.807) is 42.5 Å². The molecule has 6 nitrogen and oxygen atoms in total. The van der Waals surface area contributed by atoms with Crippen molar-refractivity contribution in [3.63, 3.8) is 0 Å². The summed E-state index contributed by atoms with van der Waals surface area (Å²) in [5, 5.41) is 22.3. The molecule has 1 aliphatic rings. The standard InChI is InChI=1S/C31H32ClNO5/c1-5-38-25-14-11-21(18-24(25)31(2,3)4)28(35)26-27(20-7-6-8-23(34)17-20)33(30(37)29(26)36)16-15-19-9-12-22(32)13-10-19/h6-14,17-18,27,34-35H,5,15-16H2,1-4H3/b28-26-. The molecule has 0 spiro atoms. The van der Waals surface area contributed by atoms with Gasteiger partial charge >= 0.3 is 0 Å². The number of likely N-dealkylation sites (tertiary alicyclic amines) is 1. The topological polar surface area (TPSA) is 87.1 Å². The van der Waals surface area contributed by atoms with Crippen LogP contribution in [0.1, 0.15) is 56.0 Å². The molecule has 3 aromatic rings. The molecule has 0 bridgehead atoms. The first kappa shape index (κ1) is 27.3. The number of ether oxygens (including phenoxy) is 1. The number of hydrogen-bond acceptors (Lipinski definition) is 5. The Morgan fingerprint density at radius 2 is 1.74 bits per heavy atom. The Hall–Kier alpha value is -3.77. The van der Waals surface area contributed by atoms with E-state index in [4.69, 9.17) is 16.3 Å². The molecule has 2 N–H and O–H groups in total. The zero-order valence-electron chi connectivity index (χ0n) is 22.0. The number of ketones is 1. The molecule has 38 heavy (non-hydrogen) atoms. The fourth-order valence-electron chi connectivity index (χ4n) is 4.75. The van der Waals surface area contributed by atoms with Gasteiger partial charge in [0.25, 0.3) is 11.7 Å². The summed E-state index contributed by atoms with van der Waals surface area (Å²) in [6, 6.07) is 18.1. The van der Waals surface area contributed by atoms with Gasteiger partial charge in [0.2, 0.25) is 0 Å². The van der Waals surface area contributed by atoms with E-state index in [-0.39, 0.29) is 29.0 Å². The lowest BCUT2D eigenvalue weighted by Crippen LogP contribution is -2.31. The fourth-order valence-corrected chi connectivity index (χ4v) is 4.88. The van der Waals surface area contributed by atoms with Crippen LogP contribution in [0.25, 0.3) is 5.76 Å². The maximum atomic E-state index is 13.4. The minimum absolute atomic E-state index is 0.00174. The van der Waals surface area contributed by atoms with Crippen molar-refractivity contribution < 1.29 is 24.5 Å². The van der Waals surface area contributed by atoms with E-state index in [1.807, 2.05) is 39.8 Å². The first-order valence-electron chi connectivity index (χ1n) is 12.6. The van der Waals surface area contributed by atoms with Gasteiger partial charge in [-0.2, -0.15) is 0 Å². The number of aliphatic hydroxyl groups is 1. The molecule has 1 unspecified atom stereocenters. The summed E-state index contributed by atoms with van der Waals surface area (Å²) >= 11 is 6.00. The van der Waals surface area contributed by atoms with Gasteiger partial charge in [-0.05, 0) is 72.4 Å². The Kier molecular flexibility index (Phi) is 7.83. The van der Waals surface area contributed by atoms with Crippen molar-refractivity contribution in [3.05, 3.63) is 99.6 Å². The summed E-state index contributed by atoms with van der Waals surface area (Å²) in [5.74, 6) is -1.03.